The smallest absolute Gasteiger partial charge is 0.0113 e. The molecule has 0 aromatic rings. The van der Waals surface area contributed by atoms with Crippen molar-refractivity contribution < 1.29 is 0 Å². The molecule has 0 N–H and O–H groups in total. The molecule has 2 aliphatic rings. The largest absolute Gasteiger partial charge is 0.299 e. The summed E-state index contributed by atoms with van der Waals surface area (Å²) in [5.74, 6) is 0. The normalized spacial score (nSPS) is 46.5. The SMILES string of the molecule is [CH2]N1CC2(C)CC1CC(C)(C)C2. The van der Waals surface area contributed by atoms with Crippen LogP contribution in [-0.2, 0) is 0 Å². The highest BCUT2D eigenvalue weighted by Gasteiger charge is 2.48. The highest BCUT2D eigenvalue weighted by atomic mass is 15.2. The van der Waals surface area contributed by atoms with Crippen LogP contribution >= 0.6 is 0 Å². The Morgan fingerprint density at radius 1 is 1.25 bits per heavy atom. The van der Waals surface area contributed by atoms with Crippen molar-refractivity contribution in [3.63, 3.8) is 0 Å². The van der Waals surface area contributed by atoms with Gasteiger partial charge in [-0.05, 0) is 30.1 Å². The fourth-order valence-corrected chi connectivity index (χ4v) is 3.58. The molecule has 1 heteroatoms. The molecular formula is C11H20N. The summed E-state index contributed by atoms with van der Waals surface area (Å²) in [6.07, 6.45) is 4.09. The van der Waals surface area contributed by atoms with Gasteiger partial charge in [0.15, 0.2) is 0 Å². The van der Waals surface area contributed by atoms with Crippen LogP contribution in [0.4, 0.5) is 0 Å². The van der Waals surface area contributed by atoms with E-state index in [1.165, 1.54) is 25.8 Å². The molecule has 1 saturated heterocycles. The first kappa shape index (κ1) is 8.55. The lowest BCUT2D eigenvalue weighted by Gasteiger charge is -2.39. The van der Waals surface area contributed by atoms with Gasteiger partial charge in [-0.25, -0.2) is 0 Å². The Morgan fingerprint density at radius 2 is 1.92 bits per heavy atom. The predicted molar refractivity (Wildman–Crippen MR) is 51.6 cm³/mol. The number of likely N-dealkylation sites (tertiary alicyclic amines) is 1. The first-order valence-electron chi connectivity index (χ1n) is 4.97. The second kappa shape index (κ2) is 2.25. The number of nitrogens with zero attached hydrogens (tertiary/aromatic N) is 1. The second-order valence-electron chi connectivity index (χ2n) is 5.96. The lowest BCUT2D eigenvalue weighted by atomic mass is 9.65. The Hall–Kier alpha value is -0.0400. The quantitative estimate of drug-likeness (QED) is 0.535. The Morgan fingerprint density at radius 3 is 2.50 bits per heavy atom. The van der Waals surface area contributed by atoms with Gasteiger partial charge in [0.25, 0.3) is 0 Å². The van der Waals surface area contributed by atoms with E-state index in [1.807, 2.05) is 0 Å². The Balaban J connectivity index is 2.22. The van der Waals surface area contributed by atoms with Crippen LogP contribution in [0.1, 0.15) is 40.0 Å². The maximum Gasteiger partial charge on any atom is 0.0113 e. The molecular weight excluding hydrogens is 146 g/mol. The van der Waals surface area contributed by atoms with Crippen LogP contribution in [-0.4, -0.2) is 17.5 Å². The van der Waals surface area contributed by atoms with Crippen molar-refractivity contribution in [1.82, 2.24) is 4.90 Å². The lowest BCUT2D eigenvalue weighted by Crippen LogP contribution is -2.33. The molecule has 2 bridgehead atoms. The van der Waals surface area contributed by atoms with E-state index in [0.29, 0.717) is 10.8 Å². The summed E-state index contributed by atoms with van der Waals surface area (Å²) in [5, 5.41) is 0. The molecule has 1 saturated carbocycles. The highest BCUT2D eigenvalue weighted by molar-refractivity contribution is 5.02. The first-order chi connectivity index (χ1) is 5.40. The van der Waals surface area contributed by atoms with Gasteiger partial charge in [-0.1, -0.05) is 20.8 Å². The van der Waals surface area contributed by atoms with Crippen LogP contribution < -0.4 is 0 Å². The molecule has 0 spiro atoms. The third-order valence-corrected chi connectivity index (χ3v) is 3.52. The van der Waals surface area contributed by atoms with Gasteiger partial charge in [-0.2, -0.15) is 0 Å². The van der Waals surface area contributed by atoms with E-state index in [1.54, 1.807) is 0 Å². The minimum absolute atomic E-state index is 0.546. The van der Waals surface area contributed by atoms with Crippen LogP contribution in [0.2, 0.25) is 0 Å². The summed E-state index contributed by atoms with van der Waals surface area (Å²) in [6.45, 7) is 8.43. The third-order valence-electron chi connectivity index (χ3n) is 3.52. The van der Waals surface area contributed by atoms with Gasteiger partial charge in [0.1, 0.15) is 0 Å². The molecule has 2 atom stereocenters. The molecule has 1 heterocycles. The summed E-state index contributed by atoms with van der Waals surface area (Å²) >= 11 is 0. The van der Waals surface area contributed by atoms with Crippen molar-refractivity contribution in [1.29, 1.82) is 0 Å². The van der Waals surface area contributed by atoms with Gasteiger partial charge < -0.3 is 0 Å². The van der Waals surface area contributed by atoms with E-state index in [2.05, 4.69) is 32.7 Å². The van der Waals surface area contributed by atoms with Crippen molar-refractivity contribution >= 4 is 0 Å². The first-order valence-corrected chi connectivity index (χ1v) is 4.97. The second-order valence-corrected chi connectivity index (χ2v) is 5.96. The summed E-state index contributed by atoms with van der Waals surface area (Å²) in [4.78, 5) is 2.31. The van der Waals surface area contributed by atoms with Gasteiger partial charge >= 0.3 is 0 Å². The molecule has 0 aromatic carbocycles. The third kappa shape index (κ3) is 1.28. The zero-order valence-electron chi connectivity index (χ0n) is 8.56. The van der Waals surface area contributed by atoms with Gasteiger partial charge in [0.05, 0.1) is 0 Å². The molecule has 1 aliphatic heterocycles. The van der Waals surface area contributed by atoms with Gasteiger partial charge in [0, 0.05) is 19.6 Å². The number of hydrogen-bond acceptors (Lipinski definition) is 1. The van der Waals surface area contributed by atoms with Crippen LogP contribution in [0, 0.1) is 17.9 Å². The fourth-order valence-electron chi connectivity index (χ4n) is 3.58. The zero-order chi connectivity index (χ0) is 8.98. The number of fused-ring (bicyclic) bond motifs is 2. The molecule has 2 rings (SSSR count). The van der Waals surface area contributed by atoms with E-state index in [9.17, 15) is 0 Å². The summed E-state index contributed by atoms with van der Waals surface area (Å²) in [5.41, 5.74) is 1.11. The maximum atomic E-state index is 4.12. The molecule has 0 amide bonds. The van der Waals surface area contributed by atoms with Crippen LogP contribution in [0.15, 0.2) is 0 Å². The molecule has 2 unspecified atom stereocenters. The van der Waals surface area contributed by atoms with E-state index in [-0.39, 0.29) is 0 Å². The van der Waals surface area contributed by atoms with Crippen LogP contribution in [0.25, 0.3) is 0 Å². The van der Waals surface area contributed by atoms with Crippen molar-refractivity contribution in [2.45, 2.75) is 46.1 Å². The highest BCUT2D eigenvalue weighted by Crippen LogP contribution is 2.52. The van der Waals surface area contributed by atoms with Crippen molar-refractivity contribution in [2.75, 3.05) is 6.54 Å². The molecule has 69 valence electrons. The monoisotopic (exact) mass is 166 g/mol. The van der Waals surface area contributed by atoms with Gasteiger partial charge in [-0.15, -0.1) is 0 Å². The van der Waals surface area contributed by atoms with Crippen LogP contribution in [0.5, 0.6) is 0 Å². The molecule has 1 aliphatic carbocycles. The van der Waals surface area contributed by atoms with Crippen molar-refractivity contribution in [2.24, 2.45) is 10.8 Å². The lowest BCUT2D eigenvalue weighted by molar-refractivity contribution is 0.131. The topological polar surface area (TPSA) is 3.24 Å². The van der Waals surface area contributed by atoms with E-state index in [0.717, 1.165) is 6.04 Å². The molecule has 1 radical (unpaired) electrons. The van der Waals surface area contributed by atoms with E-state index in [4.69, 9.17) is 0 Å². The van der Waals surface area contributed by atoms with Crippen molar-refractivity contribution in [3.05, 3.63) is 7.05 Å². The minimum atomic E-state index is 0.546. The average molecular weight is 166 g/mol. The molecule has 1 nitrogen and oxygen atoms in total. The van der Waals surface area contributed by atoms with Gasteiger partial charge in [-0.3, -0.25) is 4.90 Å². The molecule has 2 fully saturated rings. The molecule has 0 aromatic heterocycles. The van der Waals surface area contributed by atoms with Crippen LogP contribution in [0.3, 0.4) is 0 Å². The summed E-state index contributed by atoms with van der Waals surface area (Å²) in [6, 6.07) is 0.763. The summed E-state index contributed by atoms with van der Waals surface area (Å²) in [7, 11) is 4.12. The van der Waals surface area contributed by atoms with Gasteiger partial charge in [0.2, 0.25) is 0 Å². The summed E-state index contributed by atoms with van der Waals surface area (Å²) < 4.78 is 0. The van der Waals surface area contributed by atoms with Crippen molar-refractivity contribution in [3.8, 4) is 0 Å². The predicted octanol–water partition coefficient (Wildman–Crippen LogP) is 2.68. The minimum Gasteiger partial charge on any atom is -0.299 e. The standard InChI is InChI=1S/C11H20N/c1-10(2)5-9-6-11(3,7-10)8-12(9)4/h9H,4-8H2,1-3H3. The molecule has 12 heavy (non-hydrogen) atoms. The average Bonchev–Trinajstić information content (AvgIpc) is 1.99. The Kier molecular flexibility index (Phi) is 1.61. The van der Waals surface area contributed by atoms with E-state index < -0.39 is 0 Å². The maximum absolute atomic E-state index is 4.12. The fraction of sp³-hybridized carbons (Fsp3) is 0.909. The Labute approximate surface area is 76.1 Å². The zero-order valence-corrected chi connectivity index (χ0v) is 8.56. The number of hydrogen-bond donors (Lipinski definition) is 0. The van der Waals surface area contributed by atoms with E-state index >= 15 is 0 Å². The number of rotatable bonds is 0. The Bertz CT molecular complexity index is 193.